The molecule has 1 amide bonds. The minimum absolute atomic E-state index is 0.0198. The molecule has 2 aromatic rings. The fourth-order valence-electron chi connectivity index (χ4n) is 2.93. The van der Waals surface area contributed by atoms with Crippen molar-refractivity contribution in [2.75, 3.05) is 41.1 Å². The van der Waals surface area contributed by atoms with E-state index in [9.17, 15) is 19.7 Å². The Morgan fingerprint density at radius 3 is 2.34 bits per heavy atom. The first kappa shape index (κ1) is 24.6. The first-order valence-electron chi connectivity index (χ1n) is 9.79. The van der Waals surface area contributed by atoms with E-state index in [4.69, 9.17) is 14.2 Å². The zero-order valence-electron chi connectivity index (χ0n) is 18.2. The maximum absolute atomic E-state index is 13.4. The van der Waals surface area contributed by atoms with Crippen LogP contribution in [0.4, 0.5) is 5.69 Å². The molecule has 10 nitrogen and oxygen atoms in total. The molecular formula is C22H26N2O8. The summed E-state index contributed by atoms with van der Waals surface area (Å²) >= 11 is 0. The molecule has 172 valence electrons. The number of nitrogens with zero attached hydrogens (tertiary/aromatic N) is 2. The number of methoxy groups -OCH3 is 3. The lowest BCUT2D eigenvalue weighted by Gasteiger charge is -2.23. The summed E-state index contributed by atoms with van der Waals surface area (Å²) in [6, 6.07) is 11.5. The van der Waals surface area contributed by atoms with Crippen molar-refractivity contribution in [3.63, 3.8) is 0 Å². The van der Waals surface area contributed by atoms with E-state index in [1.165, 1.54) is 32.3 Å². The molecule has 0 aliphatic rings. The highest BCUT2D eigenvalue weighted by molar-refractivity contribution is 5.99. The first-order chi connectivity index (χ1) is 15.4. The van der Waals surface area contributed by atoms with Gasteiger partial charge in [0.2, 0.25) is 0 Å². The Hall–Kier alpha value is -3.66. The first-order valence-corrected chi connectivity index (χ1v) is 9.79. The smallest absolute Gasteiger partial charge is 0.307 e. The number of hydrogen-bond donors (Lipinski definition) is 0. The highest BCUT2D eigenvalue weighted by Gasteiger charge is 2.28. The van der Waals surface area contributed by atoms with Gasteiger partial charge < -0.3 is 23.8 Å². The third-order valence-corrected chi connectivity index (χ3v) is 4.57. The molecule has 0 heterocycles. The van der Waals surface area contributed by atoms with E-state index in [2.05, 4.69) is 4.74 Å². The minimum Gasteiger partial charge on any atom is -0.493 e. The Labute approximate surface area is 185 Å². The number of ether oxygens (including phenoxy) is 4. The van der Waals surface area contributed by atoms with Gasteiger partial charge in [0, 0.05) is 26.3 Å². The van der Waals surface area contributed by atoms with E-state index in [1.807, 2.05) is 30.3 Å². The van der Waals surface area contributed by atoms with Crippen LogP contribution in [0.1, 0.15) is 22.3 Å². The molecule has 32 heavy (non-hydrogen) atoms. The second kappa shape index (κ2) is 12.3. The van der Waals surface area contributed by atoms with Gasteiger partial charge in [0.05, 0.1) is 38.2 Å². The molecular weight excluding hydrogens is 420 g/mol. The molecule has 0 N–H and O–H groups in total. The largest absolute Gasteiger partial charge is 0.493 e. The fourth-order valence-corrected chi connectivity index (χ4v) is 2.93. The number of carbonyl (C=O) groups excluding carboxylic acids is 2. The Balaban J connectivity index is 2.42. The van der Waals surface area contributed by atoms with Crippen LogP contribution in [0.15, 0.2) is 42.5 Å². The summed E-state index contributed by atoms with van der Waals surface area (Å²) in [5.74, 6) is -0.823. The summed E-state index contributed by atoms with van der Waals surface area (Å²) in [6.07, 6.45) is -0.0573. The zero-order chi connectivity index (χ0) is 23.5. The molecule has 0 bridgehead atoms. The van der Waals surface area contributed by atoms with Crippen LogP contribution in [0.3, 0.4) is 0 Å². The third kappa shape index (κ3) is 6.67. The molecule has 0 aromatic heterocycles. The Bertz CT molecular complexity index is 933. The van der Waals surface area contributed by atoms with E-state index in [0.717, 1.165) is 11.6 Å². The predicted molar refractivity (Wildman–Crippen MR) is 115 cm³/mol. The molecule has 10 heteroatoms. The second-order valence-electron chi connectivity index (χ2n) is 6.66. The van der Waals surface area contributed by atoms with E-state index in [0.29, 0.717) is 0 Å². The van der Waals surface area contributed by atoms with Gasteiger partial charge in [-0.3, -0.25) is 19.7 Å². The van der Waals surface area contributed by atoms with Gasteiger partial charge in [0.15, 0.2) is 11.5 Å². The average molecular weight is 446 g/mol. The van der Waals surface area contributed by atoms with Crippen molar-refractivity contribution in [3.05, 3.63) is 63.7 Å². The number of amides is 1. The molecule has 0 fully saturated rings. The molecule has 0 aliphatic carbocycles. The van der Waals surface area contributed by atoms with Crippen molar-refractivity contribution < 1.29 is 33.5 Å². The van der Waals surface area contributed by atoms with Gasteiger partial charge in [-0.05, 0) is 5.56 Å². The van der Waals surface area contributed by atoms with Crippen molar-refractivity contribution in [1.29, 1.82) is 0 Å². The van der Waals surface area contributed by atoms with Crippen LogP contribution < -0.4 is 9.47 Å². The van der Waals surface area contributed by atoms with Crippen LogP contribution in [0.2, 0.25) is 0 Å². The monoisotopic (exact) mass is 446 g/mol. The summed E-state index contributed by atoms with van der Waals surface area (Å²) in [5, 5.41) is 11.7. The lowest BCUT2D eigenvalue weighted by molar-refractivity contribution is -0.385. The van der Waals surface area contributed by atoms with Crippen molar-refractivity contribution in [2.24, 2.45) is 0 Å². The van der Waals surface area contributed by atoms with Crippen molar-refractivity contribution in [1.82, 2.24) is 4.90 Å². The van der Waals surface area contributed by atoms with Gasteiger partial charge in [-0.1, -0.05) is 30.3 Å². The summed E-state index contributed by atoms with van der Waals surface area (Å²) in [5.41, 5.74) is 0.200. The van der Waals surface area contributed by atoms with Crippen LogP contribution in [-0.2, 0) is 20.8 Å². The van der Waals surface area contributed by atoms with Crippen molar-refractivity contribution in [3.8, 4) is 11.5 Å². The molecule has 0 saturated heterocycles. The Kier molecular flexibility index (Phi) is 9.43. The van der Waals surface area contributed by atoms with Crippen molar-refractivity contribution in [2.45, 2.75) is 13.0 Å². The lowest BCUT2D eigenvalue weighted by Crippen LogP contribution is -2.33. The van der Waals surface area contributed by atoms with Crippen LogP contribution >= 0.6 is 0 Å². The normalized spacial score (nSPS) is 10.3. The molecule has 0 aliphatic heterocycles. The number of nitro groups is 1. The van der Waals surface area contributed by atoms with Crippen LogP contribution in [0, 0.1) is 10.1 Å². The van der Waals surface area contributed by atoms with E-state index >= 15 is 0 Å². The van der Waals surface area contributed by atoms with E-state index < -0.39 is 22.5 Å². The highest BCUT2D eigenvalue weighted by atomic mass is 16.6. The maximum Gasteiger partial charge on any atom is 0.307 e. The number of esters is 1. The van der Waals surface area contributed by atoms with Gasteiger partial charge >= 0.3 is 5.97 Å². The zero-order valence-corrected chi connectivity index (χ0v) is 18.2. The van der Waals surface area contributed by atoms with Gasteiger partial charge in [-0.2, -0.15) is 0 Å². The summed E-state index contributed by atoms with van der Waals surface area (Å²) in [7, 11) is 4.13. The van der Waals surface area contributed by atoms with Gasteiger partial charge in [0.25, 0.3) is 11.6 Å². The second-order valence-corrected chi connectivity index (χ2v) is 6.66. The molecule has 2 rings (SSSR count). The lowest BCUT2D eigenvalue weighted by atomic mass is 10.1. The molecule has 0 atom stereocenters. The highest BCUT2D eigenvalue weighted by Crippen LogP contribution is 2.35. The quantitative estimate of drug-likeness (QED) is 0.211. The Morgan fingerprint density at radius 2 is 1.75 bits per heavy atom. The topological polar surface area (TPSA) is 117 Å². The molecule has 0 spiro atoms. The number of rotatable bonds is 12. The SMILES string of the molecule is COCCOc1cc([N+](=O)[O-])c(C(=O)N(CCC(=O)OC)Cc2ccccc2)cc1OC. The number of hydrogen-bond acceptors (Lipinski definition) is 8. The van der Waals surface area contributed by atoms with Gasteiger partial charge in [0.1, 0.15) is 12.2 Å². The number of benzene rings is 2. The summed E-state index contributed by atoms with van der Waals surface area (Å²) in [6.45, 7) is 0.598. The van der Waals surface area contributed by atoms with E-state index in [-0.39, 0.29) is 49.8 Å². The van der Waals surface area contributed by atoms with Gasteiger partial charge in [-0.15, -0.1) is 0 Å². The molecule has 0 saturated carbocycles. The predicted octanol–water partition coefficient (Wildman–Crippen LogP) is 2.83. The van der Waals surface area contributed by atoms with Gasteiger partial charge in [-0.25, -0.2) is 0 Å². The summed E-state index contributed by atoms with van der Waals surface area (Å²) < 4.78 is 20.4. The molecule has 0 radical (unpaired) electrons. The van der Waals surface area contributed by atoms with E-state index in [1.54, 1.807) is 0 Å². The van der Waals surface area contributed by atoms with Crippen LogP contribution in [0.25, 0.3) is 0 Å². The average Bonchev–Trinajstić information content (AvgIpc) is 2.81. The van der Waals surface area contributed by atoms with Crippen molar-refractivity contribution >= 4 is 17.6 Å². The standard InChI is InChI=1S/C22H26N2O8/c1-29-11-12-32-20-14-18(24(27)28)17(13-19(20)30-2)22(26)23(10-9-21(25)31-3)15-16-7-5-4-6-8-16/h4-8,13-14H,9-12,15H2,1-3H3. The fraction of sp³-hybridized carbons (Fsp3) is 0.364. The van der Waals surface area contributed by atoms with Crippen LogP contribution in [-0.4, -0.2) is 62.8 Å². The number of carbonyl (C=O) groups is 2. The molecule has 2 aromatic carbocycles. The maximum atomic E-state index is 13.4. The third-order valence-electron chi connectivity index (χ3n) is 4.57. The number of nitro benzene ring substituents is 1. The van der Waals surface area contributed by atoms with Crippen LogP contribution in [0.5, 0.6) is 11.5 Å². The summed E-state index contributed by atoms with van der Waals surface area (Å²) in [4.78, 5) is 37.5. The Morgan fingerprint density at radius 1 is 1.03 bits per heavy atom. The molecule has 0 unspecified atom stereocenters. The minimum atomic E-state index is -0.656.